The standard InChI is InChI=1S/C17H25FN6O/c1-16(2)8-7-12(9-17(3,4)24(16)25)22-15(21-11-19)23-13-5-6-14(18)20-10-13/h5-6,10,12,25H,7-9H2,1-4H3,(H2,21,22,23). The first-order valence-electron chi connectivity index (χ1n) is 8.25. The number of nitriles is 1. The van der Waals surface area contributed by atoms with Crippen LogP contribution < -0.4 is 10.6 Å². The van der Waals surface area contributed by atoms with Crippen LogP contribution in [0.4, 0.5) is 10.1 Å². The van der Waals surface area contributed by atoms with Crippen molar-refractivity contribution >= 4 is 11.6 Å². The summed E-state index contributed by atoms with van der Waals surface area (Å²) in [7, 11) is 0. The first-order chi connectivity index (χ1) is 11.6. The Bertz CT molecular complexity index is 665. The van der Waals surface area contributed by atoms with E-state index in [1.54, 1.807) is 0 Å². The zero-order chi connectivity index (χ0) is 18.7. The summed E-state index contributed by atoms with van der Waals surface area (Å²) in [4.78, 5) is 8.18. The molecule has 0 aliphatic carbocycles. The number of guanidine groups is 1. The predicted octanol–water partition coefficient (Wildman–Crippen LogP) is 2.86. The summed E-state index contributed by atoms with van der Waals surface area (Å²) in [6.45, 7) is 7.93. The van der Waals surface area contributed by atoms with Gasteiger partial charge in [0.25, 0.3) is 0 Å². The normalized spacial score (nSPS) is 23.4. The van der Waals surface area contributed by atoms with Gasteiger partial charge in [-0.2, -0.15) is 14.7 Å². The Morgan fingerprint density at radius 1 is 1.40 bits per heavy atom. The van der Waals surface area contributed by atoms with Gasteiger partial charge in [0.15, 0.2) is 6.19 Å². The maximum atomic E-state index is 12.9. The molecule has 0 spiro atoms. The highest BCUT2D eigenvalue weighted by molar-refractivity contribution is 5.94. The van der Waals surface area contributed by atoms with Crippen molar-refractivity contribution in [2.24, 2.45) is 4.99 Å². The molecule has 136 valence electrons. The summed E-state index contributed by atoms with van der Waals surface area (Å²) in [6.07, 6.45) is 5.35. The van der Waals surface area contributed by atoms with Gasteiger partial charge in [-0.05, 0) is 59.1 Å². The van der Waals surface area contributed by atoms with Gasteiger partial charge in [-0.1, -0.05) is 0 Å². The largest absolute Gasteiger partial charge is 0.324 e. The van der Waals surface area contributed by atoms with Gasteiger partial charge in [-0.3, -0.25) is 5.32 Å². The Kier molecular flexibility index (Phi) is 5.60. The summed E-state index contributed by atoms with van der Waals surface area (Å²) in [5.74, 6) is -0.297. The van der Waals surface area contributed by atoms with E-state index in [0.29, 0.717) is 12.1 Å². The summed E-state index contributed by atoms with van der Waals surface area (Å²) < 4.78 is 12.9. The number of hydrogen-bond donors (Lipinski definition) is 3. The van der Waals surface area contributed by atoms with E-state index in [9.17, 15) is 9.60 Å². The lowest BCUT2D eigenvalue weighted by molar-refractivity contribution is -0.221. The van der Waals surface area contributed by atoms with E-state index in [1.807, 2.05) is 33.9 Å². The fourth-order valence-electron chi connectivity index (χ4n) is 3.24. The number of aliphatic imine (C=N–C) groups is 1. The summed E-state index contributed by atoms with van der Waals surface area (Å²) in [6, 6.07) is 2.67. The van der Waals surface area contributed by atoms with Gasteiger partial charge >= 0.3 is 0 Å². The van der Waals surface area contributed by atoms with Crippen LogP contribution in [0.3, 0.4) is 0 Å². The molecule has 0 bridgehead atoms. The van der Waals surface area contributed by atoms with Gasteiger partial charge in [0, 0.05) is 11.1 Å². The average molecular weight is 348 g/mol. The molecule has 2 heterocycles. The molecular formula is C17H25FN6O. The average Bonchev–Trinajstić information content (AvgIpc) is 2.60. The fourth-order valence-corrected chi connectivity index (χ4v) is 3.24. The second-order valence-electron chi connectivity index (χ2n) is 7.54. The van der Waals surface area contributed by atoms with E-state index < -0.39 is 11.5 Å². The second-order valence-corrected chi connectivity index (χ2v) is 7.54. The molecule has 1 aromatic rings. The summed E-state index contributed by atoms with van der Waals surface area (Å²) >= 11 is 0. The second kappa shape index (κ2) is 7.33. The molecule has 2 rings (SSSR count). The lowest BCUT2D eigenvalue weighted by Crippen LogP contribution is -2.52. The third-order valence-electron chi connectivity index (χ3n) is 4.45. The minimum absolute atomic E-state index is 0.0804. The number of nitrogens with one attached hydrogen (secondary N) is 2. The monoisotopic (exact) mass is 348 g/mol. The molecule has 8 heteroatoms. The molecule has 0 radical (unpaired) electrons. The van der Waals surface area contributed by atoms with Crippen LogP contribution in [0.2, 0.25) is 0 Å². The van der Waals surface area contributed by atoms with Crippen molar-refractivity contribution in [1.82, 2.24) is 15.4 Å². The summed E-state index contributed by atoms with van der Waals surface area (Å²) in [5.41, 5.74) is -0.284. The summed E-state index contributed by atoms with van der Waals surface area (Å²) in [5, 5.41) is 26.4. The third-order valence-corrected chi connectivity index (χ3v) is 4.45. The molecule has 1 atom stereocenters. The number of pyridine rings is 1. The lowest BCUT2D eigenvalue weighted by Gasteiger charge is -2.42. The molecule has 0 saturated carbocycles. The highest BCUT2D eigenvalue weighted by Gasteiger charge is 2.41. The van der Waals surface area contributed by atoms with Crippen LogP contribution in [0.15, 0.2) is 23.3 Å². The van der Waals surface area contributed by atoms with E-state index in [0.717, 1.165) is 12.8 Å². The van der Waals surface area contributed by atoms with Crippen molar-refractivity contribution in [1.29, 1.82) is 5.26 Å². The van der Waals surface area contributed by atoms with Crippen molar-refractivity contribution in [3.8, 4) is 6.19 Å². The number of aromatic nitrogens is 1. The number of hydrogen-bond acceptors (Lipinski definition) is 5. The lowest BCUT2D eigenvalue weighted by atomic mass is 9.94. The van der Waals surface area contributed by atoms with Crippen molar-refractivity contribution in [2.45, 2.75) is 64.1 Å². The SMILES string of the molecule is CC1(C)CCC(N=C(NC#N)Nc2ccc(F)nc2)CC(C)(C)N1O. The van der Waals surface area contributed by atoms with Crippen LogP contribution in [-0.2, 0) is 0 Å². The molecule has 1 aromatic heterocycles. The van der Waals surface area contributed by atoms with Gasteiger partial charge in [0.05, 0.1) is 17.9 Å². The first-order valence-corrected chi connectivity index (χ1v) is 8.25. The predicted molar refractivity (Wildman–Crippen MR) is 93.4 cm³/mol. The van der Waals surface area contributed by atoms with Gasteiger partial charge in [-0.25, -0.2) is 9.98 Å². The number of anilines is 1. The highest BCUT2D eigenvalue weighted by atomic mass is 19.1. The smallest absolute Gasteiger partial charge is 0.212 e. The molecule has 1 fully saturated rings. The number of nitrogens with zero attached hydrogens (tertiary/aromatic N) is 4. The Morgan fingerprint density at radius 3 is 2.72 bits per heavy atom. The van der Waals surface area contributed by atoms with Crippen molar-refractivity contribution < 1.29 is 9.60 Å². The maximum Gasteiger partial charge on any atom is 0.212 e. The van der Waals surface area contributed by atoms with Gasteiger partial charge < -0.3 is 10.5 Å². The van der Waals surface area contributed by atoms with E-state index >= 15 is 0 Å². The molecule has 0 aromatic carbocycles. The van der Waals surface area contributed by atoms with Gasteiger partial charge in [-0.15, -0.1) is 0 Å². The zero-order valence-corrected chi connectivity index (χ0v) is 15.0. The molecule has 3 N–H and O–H groups in total. The number of rotatable bonds is 2. The number of halogens is 1. The van der Waals surface area contributed by atoms with Crippen LogP contribution in [0, 0.1) is 17.4 Å². The minimum atomic E-state index is -0.576. The minimum Gasteiger partial charge on any atom is -0.324 e. The van der Waals surface area contributed by atoms with Crippen LogP contribution in [0.5, 0.6) is 0 Å². The third kappa shape index (κ3) is 4.87. The Morgan fingerprint density at radius 2 is 2.12 bits per heavy atom. The molecule has 1 aliphatic rings. The highest BCUT2D eigenvalue weighted by Crippen LogP contribution is 2.36. The fraction of sp³-hybridized carbons (Fsp3) is 0.588. The van der Waals surface area contributed by atoms with Crippen molar-refractivity contribution in [3.63, 3.8) is 0 Å². The zero-order valence-electron chi connectivity index (χ0n) is 15.0. The Balaban J connectivity index is 2.21. The van der Waals surface area contributed by atoms with Crippen LogP contribution in [-0.4, -0.2) is 38.3 Å². The topological polar surface area (TPSA) is 96.6 Å². The van der Waals surface area contributed by atoms with Crippen molar-refractivity contribution in [3.05, 3.63) is 24.3 Å². The Labute approximate surface area is 147 Å². The molecule has 1 aliphatic heterocycles. The molecule has 1 saturated heterocycles. The van der Waals surface area contributed by atoms with Crippen LogP contribution in [0.25, 0.3) is 0 Å². The van der Waals surface area contributed by atoms with Crippen LogP contribution >= 0.6 is 0 Å². The molecule has 0 amide bonds. The van der Waals surface area contributed by atoms with Gasteiger partial charge in [0.2, 0.25) is 11.9 Å². The van der Waals surface area contributed by atoms with E-state index in [2.05, 4.69) is 20.6 Å². The van der Waals surface area contributed by atoms with Crippen LogP contribution in [0.1, 0.15) is 47.0 Å². The molecular weight excluding hydrogens is 323 g/mol. The quantitative estimate of drug-likeness (QED) is 0.250. The Hall–Kier alpha value is -2.24. The number of hydroxylamine groups is 2. The first kappa shape index (κ1) is 19.1. The maximum absolute atomic E-state index is 12.9. The van der Waals surface area contributed by atoms with E-state index in [-0.39, 0.29) is 17.5 Å². The molecule has 1 unspecified atom stereocenters. The molecule has 25 heavy (non-hydrogen) atoms. The molecule has 7 nitrogen and oxygen atoms in total. The van der Waals surface area contributed by atoms with Gasteiger partial charge in [0.1, 0.15) is 0 Å². The van der Waals surface area contributed by atoms with E-state index in [4.69, 9.17) is 5.26 Å². The van der Waals surface area contributed by atoms with Crippen molar-refractivity contribution in [2.75, 3.05) is 5.32 Å². The van der Waals surface area contributed by atoms with E-state index in [1.165, 1.54) is 23.4 Å².